The lowest BCUT2D eigenvalue weighted by Crippen LogP contribution is -2.43. The summed E-state index contributed by atoms with van der Waals surface area (Å²) < 4.78 is 10.6. The van der Waals surface area contributed by atoms with Crippen LogP contribution in [0.25, 0.3) is 0 Å². The van der Waals surface area contributed by atoms with E-state index < -0.39 is 0 Å². The first-order valence-electron chi connectivity index (χ1n) is 9.60. The van der Waals surface area contributed by atoms with E-state index in [0.29, 0.717) is 54.5 Å². The Balaban J connectivity index is 1.33. The predicted octanol–water partition coefficient (Wildman–Crippen LogP) is 1.67. The molecule has 0 unspecified atom stereocenters. The van der Waals surface area contributed by atoms with Crippen molar-refractivity contribution in [3.8, 4) is 11.5 Å². The van der Waals surface area contributed by atoms with Crippen molar-refractivity contribution in [3.63, 3.8) is 0 Å². The van der Waals surface area contributed by atoms with E-state index in [4.69, 9.17) is 9.47 Å². The van der Waals surface area contributed by atoms with Gasteiger partial charge in [0.2, 0.25) is 12.7 Å². The van der Waals surface area contributed by atoms with Crippen LogP contribution in [0, 0.1) is 5.92 Å². The van der Waals surface area contributed by atoms with Crippen LogP contribution in [0.5, 0.6) is 11.5 Å². The molecule has 3 aliphatic heterocycles. The highest BCUT2D eigenvalue weighted by Crippen LogP contribution is 2.37. The summed E-state index contributed by atoms with van der Waals surface area (Å²) in [6.07, 6.45) is 3.23. The van der Waals surface area contributed by atoms with Gasteiger partial charge in [0.15, 0.2) is 17.3 Å². The lowest BCUT2D eigenvalue weighted by molar-refractivity contribution is -0.125. The molecule has 9 heteroatoms. The van der Waals surface area contributed by atoms with Crippen molar-refractivity contribution in [2.24, 2.45) is 15.9 Å². The zero-order valence-corrected chi connectivity index (χ0v) is 16.1. The van der Waals surface area contributed by atoms with Crippen LogP contribution in [0.4, 0.5) is 5.69 Å². The molecule has 4 rings (SSSR count). The number of benzene rings is 1. The molecule has 0 aliphatic carbocycles. The highest BCUT2D eigenvalue weighted by molar-refractivity contribution is 6.41. The minimum Gasteiger partial charge on any atom is -0.454 e. The molecule has 3 aliphatic rings. The Hall–Kier alpha value is -3.23. The minimum absolute atomic E-state index is 0.0724. The quantitative estimate of drug-likeness (QED) is 0.759. The van der Waals surface area contributed by atoms with Gasteiger partial charge in [-0.1, -0.05) is 0 Å². The predicted molar refractivity (Wildman–Crippen MR) is 106 cm³/mol. The van der Waals surface area contributed by atoms with Crippen LogP contribution in [0.2, 0.25) is 0 Å². The van der Waals surface area contributed by atoms with Gasteiger partial charge in [0, 0.05) is 31.1 Å². The maximum absolute atomic E-state index is 12.6. The monoisotopic (exact) mass is 398 g/mol. The number of carbonyl (C=O) groups is 3. The smallest absolute Gasteiger partial charge is 0.270 e. The zero-order valence-electron chi connectivity index (χ0n) is 16.1. The number of aliphatic imine (C=N–C) groups is 2. The Labute approximate surface area is 167 Å². The maximum atomic E-state index is 12.6. The highest BCUT2D eigenvalue weighted by atomic mass is 16.7. The van der Waals surface area contributed by atoms with E-state index in [0.717, 1.165) is 12.8 Å². The summed E-state index contributed by atoms with van der Waals surface area (Å²) in [6, 6.07) is 3.22. The molecular formula is C20H22N4O5. The first-order valence-corrected chi connectivity index (χ1v) is 9.60. The third-order valence-electron chi connectivity index (χ3n) is 5.33. The van der Waals surface area contributed by atoms with E-state index in [1.165, 1.54) is 13.3 Å². The van der Waals surface area contributed by atoms with Crippen molar-refractivity contribution in [2.45, 2.75) is 26.2 Å². The molecule has 3 heterocycles. The van der Waals surface area contributed by atoms with Gasteiger partial charge < -0.3 is 19.7 Å². The van der Waals surface area contributed by atoms with Gasteiger partial charge in [0.05, 0.1) is 12.2 Å². The van der Waals surface area contributed by atoms with Gasteiger partial charge >= 0.3 is 0 Å². The van der Waals surface area contributed by atoms with Gasteiger partial charge in [0.1, 0.15) is 12.1 Å². The normalized spacial score (nSPS) is 18.0. The number of nitrogens with zero attached hydrogens (tertiary/aromatic N) is 3. The van der Waals surface area contributed by atoms with Crippen molar-refractivity contribution >= 4 is 35.3 Å². The summed E-state index contributed by atoms with van der Waals surface area (Å²) in [4.78, 5) is 46.6. The number of fused-ring (bicyclic) bond motifs is 1. The molecule has 0 bridgehead atoms. The van der Waals surface area contributed by atoms with Gasteiger partial charge in [0.25, 0.3) is 5.91 Å². The van der Waals surface area contributed by atoms with Crippen molar-refractivity contribution in [2.75, 3.05) is 31.7 Å². The third kappa shape index (κ3) is 4.13. The molecular weight excluding hydrogens is 376 g/mol. The summed E-state index contributed by atoms with van der Waals surface area (Å²) in [6.45, 7) is 3.08. The molecule has 0 radical (unpaired) electrons. The van der Waals surface area contributed by atoms with Crippen LogP contribution in [0.15, 0.2) is 22.1 Å². The lowest BCUT2D eigenvalue weighted by Gasteiger charge is -2.31. The number of hydrogen-bond donors (Lipinski definition) is 1. The molecule has 1 saturated heterocycles. The first kappa shape index (κ1) is 19.1. The van der Waals surface area contributed by atoms with Gasteiger partial charge in [-0.25, -0.2) is 4.99 Å². The number of hydrogen-bond acceptors (Lipinski definition) is 7. The molecule has 1 N–H and O–H groups in total. The average Bonchev–Trinajstić information content (AvgIpc) is 3.39. The lowest BCUT2D eigenvalue weighted by atomic mass is 9.93. The van der Waals surface area contributed by atoms with Crippen LogP contribution in [0.1, 0.15) is 36.5 Å². The Kier molecular flexibility index (Phi) is 5.28. The van der Waals surface area contributed by atoms with Gasteiger partial charge in [-0.3, -0.25) is 19.4 Å². The van der Waals surface area contributed by atoms with Crippen LogP contribution < -0.4 is 14.8 Å². The number of anilines is 1. The molecule has 9 nitrogen and oxygen atoms in total. The van der Waals surface area contributed by atoms with Gasteiger partial charge in [-0.15, -0.1) is 0 Å². The molecule has 0 spiro atoms. The number of carbonyl (C=O) groups excluding carboxylic acids is 3. The van der Waals surface area contributed by atoms with E-state index >= 15 is 0 Å². The molecule has 0 aromatic heterocycles. The van der Waals surface area contributed by atoms with E-state index in [1.807, 2.05) is 0 Å². The van der Waals surface area contributed by atoms with Crippen molar-refractivity contribution in [3.05, 3.63) is 17.7 Å². The summed E-state index contributed by atoms with van der Waals surface area (Å²) in [7, 11) is 0. The SMILES string of the molecule is CC(=O)c1cc2c(cc1NC(=O)CC1CCN(C(=O)C3=NC=NC3)CC1)OCO2. The summed E-state index contributed by atoms with van der Waals surface area (Å²) in [5, 5.41) is 2.84. The second kappa shape index (κ2) is 8.02. The van der Waals surface area contributed by atoms with Crippen molar-refractivity contribution in [1.29, 1.82) is 0 Å². The summed E-state index contributed by atoms with van der Waals surface area (Å²) >= 11 is 0. The Morgan fingerprint density at radius 3 is 2.55 bits per heavy atom. The minimum atomic E-state index is -0.163. The van der Waals surface area contributed by atoms with Crippen molar-refractivity contribution in [1.82, 2.24) is 4.90 Å². The van der Waals surface area contributed by atoms with Crippen LogP contribution in [-0.4, -0.2) is 61.0 Å². The maximum Gasteiger partial charge on any atom is 0.270 e. The molecule has 1 fully saturated rings. The van der Waals surface area contributed by atoms with Gasteiger partial charge in [-0.05, 0) is 31.7 Å². The van der Waals surface area contributed by atoms with Gasteiger partial charge in [-0.2, -0.15) is 0 Å². The van der Waals surface area contributed by atoms with E-state index in [2.05, 4.69) is 15.3 Å². The molecule has 2 amide bonds. The first-order chi connectivity index (χ1) is 14.0. The number of ether oxygens (including phenoxy) is 2. The fraction of sp³-hybridized carbons (Fsp3) is 0.450. The largest absolute Gasteiger partial charge is 0.454 e. The molecule has 29 heavy (non-hydrogen) atoms. The molecule has 0 atom stereocenters. The van der Waals surface area contributed by atoms with Crippen molar-refractivity contribution < 1.29 is 23.9 Å². The molecule has 1 aromatic rings. The molecule has 0 saturated carbocycles. The third-order valence-corrected chi connectivity index (χ3v) is 5.33. The standard InChI is InChI=1S/C20H22N4O5/c1-12(25)14-7-17-18(29-11-28-17)8-15(14)23-19(26)6-13-2-4-24(5-3-13)20(27)16-9-21-10-22-16/h7-8,10,13H,2-6,9,11H2,1H3,(H,23,26). The number of likely N-dealkylation sites (tertiary alicyclic amines) is 1. The zero-order chi connectivity index (χ0) is 20.4. The number of rotatable bonds is 5. The van der Waals surface area contributed by atoms with E-state index in [1.54, 1.807) is 17.0 Å². The highest BCUT2D eigenvalue weighted by Gasteiger charge is 2.28. The number of piperidine rings is 1. The van der Waals surface area contributed by atoms with Crippen LogP contribution >= 0.6 is 0 Å². The number of Topliss-reactive ketones (excluding diaryl/α,β-unsaturated/α-hetero) is 1. The number of amides is 2. The summed E-state index contributed by atoms with van der Waals surface area (Å²) in [5.74, 6) is 0.792. The molecule has 152 valence electrons. The Bertz CT molecular complexity index is 916. The van der Waals surface area contributed by atoms with Crippen LogP contribution in [0.3, 0.4) is 0 Å². The molecule has 1 aromatic carbocycles. The topological polar surface area (TPSA) is 110 Å². The van der Waals surface area contributed by atoms with E-state index in [-0.39, 0.29) is 30.3 Å². The Morgan fingerprint density at radius 2 is 1.90 bits per heavy atom. The second-order valence-electron chi connectivity index (χ2n) is 7.33. The number of nitrogens with one attached hydrogen (secondary N) is 1. The van der Waals surface area contributed by atoms with E-state index in [9.17, 15) is 14.4 Å². The Morgan fingerprint density at radius 1 is 1.17 bits per heavy atom. The fourth-order valence-corrected chi connectivity index (χ4v) is 3.72. The second-order valence-corrected chi connectivity index (χ2v) is 7.33. The fourth-order valence-electron chi connectivity index (χ4n) is 3.72. The average molecular weight is 398 g/mol. The number of ketones is 1. The summed E-state index contributed by atoms with van der Waals surface area (Å²) in [5.41, 5.74) is 1.29. The van der Waals surface area contributed by atoms with Crippen LogP contribution in [-0.2, 0) is 9.59 Å².